The first-order valence-electron chi connectivity index (χ1n) is 12.3. The van der Waals surface area contributed by atoms with Crippen LogP contribution in [-0.2, 0) is 20.2 Å². The fourth-order valence-corrected chi connectivity index (χ4v) is 11.7. The van der Waals surface area contributed by atoms with E-state index in [4.69, 9.17) is 0 Å². The molecule has 1 N–H and O–H groups in total. The summed E-state index contributed by atoms with van der Waals surface area (Å²) in [7, 11) is -8.10. The first kappa shape index (κ1) is 38.2. The van der Waals surface area contributed by atoms with Crippen molar-refractivity contribution < 1.29 is 102 Å². The van der Waals surface area contributed by atoms with Gasteiger partial charge in [0.1, 0.15) is 0 Å². The van der Waals surface area contributed by atoms with Crippen molar-refractivity contribution in [1.82, 2.24) is 0 Å². The third-order valence-electron chi connectivity index (χ3n) is 7.90. The predicted molar refractivity (Wildman–Crippen MR) is 121 cm³/mol. The van der Waals surface area contributed by atoms with Gasteiger partial charge in [-0.05, 0) is 0 Å². The van der Waals surface area contributed by atoms with Crippen molar-refractivity contribution in [2.75, 3.05) is 12.8 Å². The van der Waals surface area contributed by atoms with Crippen LogP contribution in [0.3, 0.4) is 0 Å². The molecule has 3 nitrogen and oxygen atoms in total. The summed E-state index contributed by atoms with van der Waals surface area (Å²) < 4.78 is 299. The summed E-state index contributed by atoms with van der Waals surface area (Å²) >= 11 is 0. The molecule has 0 fully saturated rings. The minimum absolute atomic E-state index is 0.136. The van der Waals surface area contributed by atoms with Crippen LogP contribution in [0.15, 0.2) is 48.5 Å². The van der Waals surface area contributed by atoms with Crippen LogP contribution in [0.25, 0.3) is 0 Å². The summed E-state index contributed by atoms with van der Waals surface area (Å²) in [4.78, 5) is 0. The third-order valence-corrected chi connectivity index (χ3v) is 13.0. The molecule has 4 rings (SSSR count). The summed E-state index contributed by atoms with van der Waals surface area (Å²) in [6, 6.07) is -0.294. The van der Waals surface area contributed by atoms with Crippen LogP contribution in [0.1, 0.15) is 11.1 Å². The number of fused-ring (bicyclic) bond motifs is 4. The molecule has 2 aromatic rings. The van der Waals surface area contributed by atoms with Crippen molar-refractivity contribution in [3.05, 3.63) is 59.7 Å². The molecule has 1 spiro atoms. The molecule has 0 unspecified atom stereocenters. The standard InChI is InChI=1S/C24H13F20O3P/c25-17(26,21(33,34)35)15(18(27,28)22(36,37)38)11-5-1-3-7-13(11)48(46-15,10-9-45)14-8-4-2-6-12(14)16(47-48,19(29,30)23(39,40)41)20(31,32)24(42,43)44/h1-8,45H,9-10H2. The number of alkyl halides is 20. The Kier molecular flexibility index (Phi) is 7.94. The first-order valence-corrected chi connectivity index (χ1v) is 14.5. The number of aliphatic hydroxyl groups excluding tert-OH is 1. The van der Waals surface area contributed by atoms with E-state index < -0.39 is 113 Å². The Morgan fingerprint density at radius 1 is 0.458 bits per heavy atom. The van der Waals surface area contributed by atoms with Gasteiger partial charge >= 0.3 is 252 Å². The number of hydrogen-bond donors (Lipinski definition) is 1. The summed E-state index contributed by atoms with van der Waals surface area (Å²) in [5.74, 6) is -30.6. The maximum atomic E-state index is 15.5. The van der Waals surface area contributed by atoms with Gasteiger partial charge in [-0.25, -0.2) is 0 Å². The van der Waals surface area contributed by atoms with Crippen molar-refractivity contribution in [2.24, 2.45) is 0 Å². The zero-order valence-electron chi connectivity index (χ0n) is 22.3. The summed E-state index contributed by atoms with van der Waals surface area (Å²) in [5, 5.41) is 5.43. The molecule has 24 heteroatoms. The van der Waals surface area contributed by atoms with E-state index in [0.29, 0.717) is 12.1 Å². The number of halogens is 20. The molecule has 0 bridgehead atoms. The van der Waals surface area contributed by atoms with Crippen LogP contribution >= 0.6 is 7.06 Å². The number of aliphatic hydroxyl groups is 1. The average molecular weight is 760 g/mol. The van der Waals surface area contributed by atoms with Crippen molar-refractivity contribution in [2.45, 2.75) is 59.6 Å². The molecule has 0 atom stereocenters. The SMILES string of the molecule is OCCP12(OC(C(F)(F)C(F)(F)F)(C(F)(F)C(F)(F)F)c3ccccc31)OC(C(F)(F)C(F)(F)F)(C(F)(F)C(F)(F)F)c1ccccc12. The second kappa shape index (κ2) is 9.99. The predicted octanol–water partition coefficient (Wildman–Crippen LogP) is 8.25. The zero-order valence-corrected chi connectivity index (χ0v) is 23.2. The second-order valence-corrected chi connectivity index (χ2v) is 14.5. The van der Waals surface area contributed by atoms with Crippen LogP contribution in [0.2, 0.25) is 0 Å². The molecule has 0 aromatic heterocycles. The van der Waals surface area contributed by atoms with Gasteiger partial charge in [0.25, 0.3) is 0 Å². The Hall–Kier alpha value is -2.65. The number of hydrogen-bond acceptors (Lipinski definition) is 3. The molecule has 0 aliphatic carbocycles. The van der Waals surface area contributed by atoms with E-state index in [1.807, 2.05) is 0 Å². The number of rotatable bonds is 6. The second-order valence-electron chi connectivity index (χ2n) is 10.4. The van der Waals surface area contributed by atoms with Crippen LogP contribution in [0.5, 0.6) is 0 Å². The molecule has 2 aliphatic heterocycles. The molecule has 272 valence electrons. The quantitative estimate of drug-likeness (QED) is 0.238. The molecule has 2 aromatic carbocycles. The van der Waals surface area contributed by atoms with Crippen molar-refractivity contribution in [3.63, 3.8) is 0 Å². The molecule has 0 saturated heterocycles. The minimum atomic E-state index is -8.10. The fraction of sp³-hybridized carbons (Fsp3) is 0.500. The van der Waals surface area contributed by atoms with E-state index in [2.05, 4.69) is 9.05 Å². The molecule has 0 amide bonds. The molecule has 0 saturated carbocycles. The molecular formula is C24H13F20O3P. The summed E-state index contributed by atoms with van der Waals surface area (Å²) in [6.07, 6.45) is -32.9. The van der Waals surface area contributed by atoms with Gasteiger partial charge in [-0.2, -0.15) is 0 Å². The van der Waals surface area contributed by atoms with Gasteiger partial charge in [-0.3, -0.25) is 0 Å². The van der Waals surface area contributed by atoms with Gasteiger partial charge < -0.3 is 0 Å². The molecule has 0 radical (unpaired) electrons. The molecular weight excluding hydrogens is 747 g/mol. The first-order chi connectivity index (χ1) is 21.3. The number of benzene rings is 2. The Labute approximate surface area is 252 Å². The van der Waals surface area contributed by atoms with Crippen LogP contribution in [0, 0.1) is 0 Å². The molecule has 48 heavy (non-hydrogen) atoms. The Balaban J connectivity index is 2.41. The zero-order chi connectivity index (χ0) is 37.2. The van der Waals surface area contributed by atoms with Gasteiger partial charge in [0.2, 0.25) is 0 Å². The van der Waals surface area contributed by atoms with Gasteiger partial charge in [-0.1, -0.05) is 0 Å². The van der Waals surface area contributed by atoms with Gasteiger partial charge in [-0.15, -0.1) is 0 Å². The topological polar surface area (TPSA) is 38.7 Å². The molecule has 2 heterocycles. The Morgan fingerprint density at radius 3 is 0.938 bits per heavy atom. The van der Waals surface area contributed by atoms with E-state index in [-0.39, 0.29) is 24.3 Å². The molecule has 2 aliphatic rings. The van der Waals surface area contributed by atoms with E-state index in [0.717, 1.165) is 0 Å². The summed E-state index contributed by atoms with van der Waals surface area (Å²) in [5.41, 5.74) is -19.0. The van der Waals surface area contributed by atoms with Crippen LogP contribution < -0.4 is 10.6 Å². The normalized spacial score (nSPS) is 21.8. The van der Waals surface area contributed by atoms with Gasteiger partial charge in [0.05, 0.1) is 0 Å². The van der Waals surface area contributed by atoms with E-state index in [1.165, 1.54) is 0 Å². The fourth-order valence-electron chi connectivity index (χ4n) is 5.97. The van der Waals surface area contributed by atoms with Crippen molar-refractivity contribution >= 4 is 17.7 Å². The van der Waals surface area contributed by atoms with Crippen LogP contribution in [-0.4, -0.2) is 66.3 Å². The monoisotopic (exact) mass is 760 g/mol. The van der Waals surface area contributed by atoms with Gasteiger partial charge in [0.15, 0.2) is 0 Å². The Morgan fingerprint density at radius 2 is 0.708 bits per heavy atom. The van der Waals surface area contributed by atoms with Crippen molar-refractivity contribution in [1.29, 1.82) is 0 Å². The maximum absolute atomic E-state index is 15.5. The van der Waals surface area contributed by atoms with Crippen LogP contribution in [0.4, 0.5) is 87.8 Å². The van der Waals surface area contributed by atoms with E-state index in [1.54, 1.807) is 0 Å². The third kappa shape index (κ3) is 4.06. The van der Waals surface area contributed by atoms with Crippen molar-refractivity contribution in [3.8, 4) is 0 Å². The van der Waals surface area contributed by atoms with E-state index in [9.17, 15) is 57.8 Å². The average Bonchev–Trinajstić information content (AvgIpc) is 3.35. The Bertz CT molecular complexity index is 1420. The summed E-state index contributed by atoms with van der Waals surface area (Å²) in [6.45, 7) is -2.14. The van der Waals surface area contributed by atoms with E-state index >= 15 is 35.1 Å². The van der Waals surface area contributed by atoms with Gasteiger partial charge in [0, 0.05) is 0 Å².